The standard InChI is InChI=1S/C46H32NO/c1-48-37-26-27-38-39(30-37)43(32-18-8-3-9-19-32)45(34-22-12-5-13-23-34)47-41-29-36-25-15-14-24-35(36)28-40(41)42(31-16-6-2-7-17-31)44(46(38)47)33-20-10-4-11-21-33/h2-30H,1H3/q+1. The summed E-state index contributed by atoms with van der Waals surface area (Å²) in [5, 5.41) is 5.95. The largest absolute Gasteiger partial charge is 0.497 e. The van der Waals surface area contributed by atoms with Crippen LogP contribution in [0.4, 0.5) is 0 Å². The molecule has 2 aromatic heterocycles. The molecule has 0 spiro atoms. The summed E-state index contributed by atoms with van der Waals surface area (Å²) in [5.74, 6) is 0.833. The van der Waals surface area contributed by atoms with Gasteiger partial charge in [0.15, 0.2) is 0 Å². The first kappa shape index (κ1) is 28.0. The molecule has 7 aromatic carbocycles. The molecule has 226 valence electrons. The predicted molar refractivity (Wildman–Crippen MR) is 200 cm³/mol. The number of nitrogens with zero attached hydrogens (tertiary/aromatic N) is 1. The van der Waals surface area contributed by atoms with Crippen molar-refractivity contribution in [1.29, 1.82) is 0 Å². The molecule has 0 saturated heterocycles. The number of ether oxygens (including phenoxy) is 1. The highest BCUT2D eigenvalue weighted by atomic mass is 16.5. The number of pyridine rings is 2. The molecule has 0 N–H and O–H groups in total. The summed E-state index contributed by atoms with van der Waals surface area (Å²) < 4.78 is 8.44. The Bertz CT molecular complexity index is 2610. The molecule has 0 radical (unpaired) electrons. The van der Waals surface area contributed by atoms with Crippen molar-refractivity contribution in [2.45, 2.75) is 0 Å². The summed E-state index contributed by atoms with van der Waals surface area (Å²) in [6.45, 7) is 0. The zero-order valence-corrected chi connectivity index (χ0v) is 26.6. The molecule has 0 saturated carbocycles. The average Bonchev–Trinajstić information content (AvgIpc) is 3.17. The lowest BCUT2D eigenvalue weighted by Gasteiger charge is -2.20. The third-order valence-corrected chi connectivity index (χ3v) is 9.53. The van der Waals surface area contributed by atoms with E-state index < -0.39 is 0 Å². The van der Waals surface area contributed by atoms with Crippen molar-refractivity contribution >= 4 is 38.0 Å². The fourth-order valence-corrected chi connectivity index (χ4v) is 7.45. The maximum absolute atomic E-state index is 5.89. The number of aromatic nitrogens is 1. The van der Waals surface area contributed by atoms with Gasteiger partial charge in [0.2, 0.25) is 16.7 Å². The average molecular weight is 615 g/mol. The summed E-state index contributed by atoms with van der Waals surface area (Å²) in [6, 6.07) is 63.4. The number of hydrogen-bond donors (Lipinski definition) is 0. The van der Waals surface area contributed by atoms with Gasteiger partial charge < -0.3 is 4.74 Å². The fourth-order valence-electron chi connectivity index (χ4n) is 7.45. The molecule has 0 fully saturated rings. The highest BCUT2D eigenvalue weighted by Gasteiger charge is 2.32. The van der Waals surface area contributed by atoms with Crippen LogP contribution in [0.5, 0.6) is 5.75 Å². The monoisotopic (exact) mass is 614 g/mol. The van der Waals surface area contributed by atoms with Crippen LogP contribution in [-0.4, -0.2) is 7.11 Å². The molecular weight excluding hydrogens is 583 g/mol. The zero-order valence-electron chi connectivity index (χ0n) is 26.6. The minimum absolute atomic E-state index is 0.833. The molecular formula is C46H32NO+. The zero-order chi connectivity index (χ0) is 32.0. The third-order valence-electron chi connectivity index (χ3n) is 9.53. The minimum atomic E-state index is 0.833. The second-order valence-corrected chi connectivity index (χ2v) is 12.2. The molecule has 48 heavy (non-hydrogen) atoms. The smallest absolute Gasteiger partial charge is 0.228 e. The topological polar surface area (TPSA) is 13.3 Å². The van der Waals surface area contributed by atoms with Gasteiger partial charge in [-0.15, -0.1) is 0 Å². The second-order valence-electron chi connectivity index (χ2n) is 12.2. The quantitative estimate of drug-likeness (QED) is 0.107. The van der Waals surface area contributed by atoms with Crippen molar-refractivity contribution in [3.8, 4) is 50.4 Å². The van der Waals surface area contributed by atoms with Gasteiger partial charge in [-0.05, 0) is 63.9 Å². The van der Waals surface area contributed by atoms with E-state index >= 15 is 0 Å². The van der Waals surface area contributed by atoms with Crippen LogP contribution in [0.1, 0.15) is 0 Å². The van der Waals surface area contributed by atoms with Gasteiger partial charge in [0.05, 0.1) is 29.0 Å². The van der Waals surface area contributed by atoms with Gasteiger partial charge in [-0.2, -0.15) is 4.40 Å². The first-order valence-corrected chi connectivity index (χ1v) is 16.4. The molecule has 0 atom stereocenters. The minimum Gasteiger partial charge on any atom is -0.497 e. The van der Waals surface area contributed by atoms with Gasteiger partial charge in [0.25, 0.3) is 0 Å². The molecule has 0 bridgehead atoms. The lowest BCUT2D eigenvalue weighted by Crippen LogP contribution is -2.29. The molecule has 0 unspecified atom stereocenters. The van der Waals surface area contributed by atoms with E-state index in [2.05, 4.69) is 180 Å². The van der Waals surface area contributed by atoms with Crippen molar-refractivity contribution < 1.29 is 9.14 Å². The molecule has 0 amide bonds. The van der Waals surface area contributed by atoms with Crippen molar-refractivity contribution in [2.24, 2.45) is 0 Å². The van der Waals surface area contributed by atoms with Crippen molar-refractivity contribution in [3.05, 3.63) is 176 Å². The number of fused-ring (bicyclic) bond motifs is 6. The Morgan fingerprint density at radius 1 is 0.396 bits per heavy atom. The Morgan fingerprint density at radius 2 is 0.896 bits per heavy atom. The maximum atomic E-state index is 5.89. The summed E-state index contributed by atoms with van der Waals surface area (Å²) in [5.41, 5.74) is 11.8. The van der Waals surface area contributed by atoms with Crippen LogP contribution >= 0.6 is 0 Å². The molecule has 9 rings (SSSR count). The number of rotatable bonds is 5. The Morgan fingerprint density at radius 3 is 1.48 bits per heavy atom. The van der Waals surface area contributed by atoms with Gasteiger partial charge >= 0.3 is 0 Å². The molecule has 0 aliphatic carbocycles. The highest BCUT2D eigenvalue weighted by Crippen LogP contribution is 2.46. The summed E-state index contributed by atoms with van der Waals surface area (Å²) in [7, 11) is 1.75. The number of methoxy groups -OCH3 is 1. The first-order valence-electron chi connectivity index (χ1n) is 16.4. The van der Waals surface area contributed by atoms with Crippen molar-refractivity contribution in [3.63, 3.8) is 0 Å². The molecule has 0 aliphatic rings. The Kier molecular flexibility index (Phi) is 6.72. The third kappa shape index (κ3) is 4.45. The van der Waals surface area contributed by atoms with Crippen molar-refractivity contribution in [2.75, 3.05) is 7.11 Å². The second kappa shape index (κ2) is 11.5. The van der Waals surface area contributed by atoms with Crippen LogP contribution in [0.3, 0.4) is 0 Å². The molecule has 2 heterocycles. The Balaban J connectivity index is 1.67. The van der Waals surface area contributed by atoms with Gasteiger partial charge in [-0.1, -0.05) is 133 Å². The van der Waals surface area contributed by atoms with Crippen LogP contribution in [-0.2, 0) is 0 Å². The first-order chi connectivity index (χ1) is 23.8. The van der Waals surface area contributed by atoms with Crippen LogP contribution in [0.2, 0.25) is 0 Å². The van der Waals surface area contributed by atoms with Crippen LogP contribution in [0.15, 0.2) is 176 Å². The normalized spacial score (nSPS) is 11.4. The summed E-state index contributed by atoms with van der Waals surface area (Å²) in [6.07, 6.45) is 0. The highest BCUT2D eigenvalue weighted by molar-refractivity contribution is 6.17. The van der Waals surface area contributed by atoms with Gasteiger partial charge in [-0.3, -0.25) is 0 Å². The Labute approximate surface area is 279 Å². The van der Waals surface area contributed by atoms with Crippen molar-refractivity contribution in [1.82, 2.24) is 0 Å². The van der Waals surface area contributed by atoms with E-state index in [0.29, 0.717) is 0 Å². The van der Waals surface area contributed by atoms with E-state index in [1.54, 1.807) is 7.11 Å². The van der Waals surface area contributed by atoms with E-state index in [1.807, 2.05) is 0 Å². The predicted octanol–water partition coefficient (Wildman–Crippen LogP) is 11.6. The summed E-state index contributed by atoms with van der Waals surface area (Å²) in [4.78, 5) is 0. The van der Waals surface area contributed by atoms with E-state index in [9.17, 15) is 0 Å². The summed E-state index contributed by atoms with van der Waals surface area (Å²) >= 11 is 0. The fraction of sp³-hybridized carbons (Fsp3) is 0.0217. The Hall–Kier alpha value is -6.25. The SMILES string of the molecule is COc1ccc2c(c1)c(-c1ccccc1)c(-c1ccccc1)[n+]1c3cc4ccccc4cc3c(-c3ccccc3)c(-c3ccccc3)c21. The molecule has 2 nitrogen and oxygen atoms in total. The van der Waals surface area contributed by atoms with Gasteiger partial charge in [0.1, 0.15) is 5.75 Å². The maximum Gasteiger partial charge on any atom is 0.228 e. The number of benzene rings is 7. The van der Waals surface area contributed by atoms with E-state index in [0.717, 1.165) is 33.5 Å². The van der Waals surface area contributed by atoms with E-state index in [4.69, 9.17) is 4.74 Å². The molecule has 9 aromatic rings. The number of hydrogen-bond acceptors (Lipinski definition) is 1. The van der Waals surface area contributed by atoms with E-state index in [-0.39, 0.29) is 0 Å². The van der Waals surface area contributed by atoms with Crippen LogP contribution in [0, 0.1) is 0 Å². The lowest BCUT2D eigenvalue weighted by atomic mass is 9.85. The van der Waals surface area contributed by atoms with Gasteiger partial charge in [0, 0.05) is 22.6 Å². The lowest BCUT2D eigenvalue weighted by molar-refractivity contribution is -0.466. The van der Waals surface area contributed by atoms with Gasteiger partial charge in [-0.25, -0.2) is 0 Å². The van der Waals surface area contributed by atoms with Crippen LogP contribution < -0.4 is 9.14 Å². The molecule has 2 heteroatoms. The molecule has 0 aliphatic heterocycles. The van der Waals surface area contributed by atoms with E-state index in [1.165, 1.54) is 54.9 Å². The van der Waals surface area contributed by atoms with Crippen LogP contribution in [0.25, 0.3) is 82.6 Å².